The van der Waals surface area contributed by atoms with Crippen molar-refractivity contribution in [2.45, 2.75) is 33.6 Å². The van der Waals surface area contributed by atoms with Crippen molar-refractivity contribution in [3.8, 4) is 5.75 Å². The Bertz CT molecular complexity index is 500. The summed E-state index contributed by atoms with van der Waals surface area (Å²) in [7, 11) is 0. The van der Waals surface area contributed by atoms with Gasteiger partial charge in [-0.15, -0.1) is 0 Å². The van der Waals surface area contributed by atoms with E-state index >= 15 is 0 Å². The number of ketones is 1. The monoisotopic (exact) mass is 258 g/mol. The van der Waals surface area contributed by atoms with Gasteiger partial charge in [-0.25, -0.2) is 0 Å². The Kier molecular flexibility index (Phi) is 4.08. The van der Waals surface area contributed by atoms with Gasteiger partial charge in [-0.05, 0) is 54.0 Å². The van der Waals surface area contributed by atoms with Gasteiger partial charge < -0.3 is 5.11 Å². The maximum absolute atomic E-state index is 12.5. The van der Waals surface area contributed by atoms with Crippen LogP contribution in [0.4, 0.5) is 0 Å². The van der Waals surface area contributed by atoms with E-state index in [2.05, 4.69) is 20.8 Å². The van der Waals surface area contributed by atoms with E-state index in [1.54, 1.807) is 18.2 Å². The van der Waals surface area contributed by atoms with Crippen molar-refractivity contribution in [1.82, 2.24) is 0 Å². The lowest BCUT2D eigenvalue weighted by atomic mass is 9.73. The first kappa shape index (κ1) is 13.9. The van der Waals surface area contributed by atoms with E-state index in [1.165, 1.54) is 0 Å². The maximum atomic E-state index is 12.5. The number of allylic oxidation sites excluding steroid dienone is 1. The molecule has 1 aliphatic carbocycles. The third-order valence-electron chi connectivity index (χ3n) is 4.06. The molecule has 2 heteroatoms. The minimum absolute atomic E-state index is 0.153. The van der Waals surface area contributed by atoms with Gasteiger partial charge in [-0.1, -0.05) is 32.9 Å². The van der Waals surface area contributed by atoms with Crippen LogP contribution >= 0.6 is 0 Å². The molecule has 0 unspecified atom stereocenters. The summed E-state index contributed by atoms with van der Waals surface area (Å²) in [6.07, 6.45) is 4.01. The zero-order chi connectivity index (χ0) is 14.0. The normalized spacial score (nSPS) is 26.1. The lowest BCUT2D eigenvalue weighted by Crippen LogP contribution is -2.30. The molecule has 2 atom stereocenters. The quantitative estimate of drug-likeness (QED) is 0.813. The van der Waals surface area contributed by atoms with Crippen molar-refractivity contribution >= 4 is 11.9 Å². The highest BCUT2D eigenvalue weighted by Gasteiger charge is 2.32. The zero-order valence-electron chi connectivity index (χ0n) is 11.9. The second-order valence-electron chi connectivity index (χ2n) is 5.89. The van der Waals surface area contributed by atoms with E-state index in [4.69, 9.17) is 0 Å². The Hall–Kier alpha value is -1.57. The van der Waals surface area contributed by atoms with E-state index in [9.17, 15) is 9.90 Å². The van der Waals surface area contributed by atoms with Crippen molar-refractivity contribution < 1.29 is 9.90 Å². The Morgan fingerprint density at radius 2 is 2.05 bits per heavy atom. The summed E-state index contributed by atoms with van der Waals surface area (Å²) >= 11 is 0. The highest BCUT2D eigenvalue weighted by atomic mass is 16.3. The Balaban J connectivity index is 2.32. The van der Waals surface area contributed by atoms with Crippen LogP contribution in [0.1, 0.15) is 39.2 Å². The van der Waals surface area contributed by atoms with Crippen LogP contribution in [0.5, 0.6) is 5.75 Å². The van der Waals surface area contributed by atoms with E-state index in [0.717, 1.165) is 24.0 Å². The molecule has 0 heterocycles. The number of Topliss-reactive ketones (excluding diaryl/α,β-unsaturated/α-hetero) is 1. The SMILES string of the molecule is CC(C)[C@@H]1CC[C@@H](C)C(=Cc2cccc(O)c2)C1=O. The Labute approximate surface area is 115 Å². The molecule has 1 aromatic carbocycles. The minimum Gasteiger partial charge on any atom is -0.508 e. The number of rotatable bonds is 2. The summed E-state index contributed by atoms with van der Waals surface area (Å²) in [5.41, 5.74) is 1.81. The summed E-state index contributed by atoms with van der Waals surface area (Å²) in [5, 5.41) is 9.50. The van der Waals surface area contributed by atoms with Gasteiger partial charge in [0, 0.05) is 5.92 Å². The molecule has 2 rings (SSSR count). The molecule has 1 saturated carbocycles. The summed E-state index contributed by atoms with van der Waals surface area (Å²) in [6.45, 7) is 6.35. The number of carbonyl (C=O) groups is 1. The van der Waals surface area contributed by atoms with Crippen LogP contribution in [-0.4, -0.2) is 10.9 Å². The number of benzene rings is 1. The highest BCUT2D eigenvalue weighted by Crippen LogP contribution is 2.35. The lowest BCUT2D eigenvalue weighted by molar-refractivity contribution is -0.122. The molecule has 1 fully saturated rings. The Morgan fingerprint density at radius 1 is 1.32 bits per heavy atom. The van der Waals surface area contributed by atoms with E-state index in [1.807, 2.05) is 12.1 Å². The molecule has 0 aliphatic heterocycles. The van der Waals surface area contributed by atoms with Gasteiger partial charge in [0.1, 0.15) is 5.75 Å². The van der Waals surface area contributed by atoms with Crippen molar-refractivity contribution in [3.05, 3.63) is 35.4 Å². The summed E-state index contributed by atoms with van der Waals surface area (Å²) in [6, 6.07) is 7.07. The number of phenolic OH excluding ortho intramolecular Hbond substituents is 1. The molecule has 0 spiro atoms. The van der Waals surface area contributed by atoms with Crippen LogP contribution in [0, 0.1) is 17.8 Å². The van der Waals surface area contributed by atoms with Gasteiger partial charge in [0.25, 0.3) is 0 Å². The fourth-order valence-electron chi connectivity index (χ4n) is 2.82. The van der Waals surface area contributed by atoms with Crippen molar-refractivity contribution in [2.24, 2.45) is 17.8 Å². The fraction of sp³-hybridized carbons (Fsp3) is 0.471. The number of hydrogen-bond acceptors (Lipinski definition) is 2. The van der Waals surface area contributed by atoms with Gasteiger partial charge >= 0.3 is 0 Å². The Morgan fingerprint density at radius 3 is 2.68 bits per heavy atom. The second kappa shape index (κ2) is 5.60. The van der Waals surface area contributed by atoms with Crippen LogP contribution in [-0.2, 0) is 4.79 Å². The van der Waals surface area contributed by atoms with Crippen LogP contribution in [0.2, 0.25) is 0 Å². The molecule has 0 bridgehead atoms. The first-order valence-electron chi connectivity index (χ1n) is 7.04. The van der Waals surface area contributed by atoms with E-state index in [-0.39, 0.29) is 17.5 Å². The van der Waals surface area contributed by atoms with Crippen LogP contribution in [0.3, 0.4) is 0 Å². The molecule has 1 aromatic rings. The highest BCUT2D eigenvalue weighted by molar-refractivity contribution is 6.02. The molecular formula is C17H22O2. The van der Waals surface area contributed by atoms with Gasteiger partial charge in [-0.3, -0.25) is 4.79 Å². The molecule has 102 valence electrons. The molecule has 0 amide bonds. The topological polar surface area (TPSA) is 37.3 Å². The first-order valence-corrected chi connectivity index (χ1v) is 7.04. The smallest absolute Gasteiger partial charge is 0.162 e. The molecule has 19 heavy (non-hydrogen) atoms. The molecule has 2 nitrogen and oxygen atoms in total. The van der Waals surface area contributed by atoms with Crippen molar-refractivity contribution in [3.63, 3.8) is 0 Å². The van der Waals surface area contributed by atoms with Gasteiger partial charge in [0.2, 0.25) is 0 Å². The van der Waals surface area contributed by atoms with Crippen LogP contribution in [0.15, 0.2) is 29.8 Å². The van der Waals surface area contributed by atoms with E-state index in [0.29, 0.717) is 11.8 Å². The average molecular weight is 258 g/mol. The first-order chi connectivity index (χ1) is 8.99. The third kappa shape index (κ3) is 3.06. The van der Waals surface area contributed by atoms with E-state index < -0.39 is 0 Å². The van der Waals surface area contributed by atoms with Crippen LogP contribution < -0.4 is 0 Å². The largest absolute Gasteiger partial charge is 0.508 e. The van der Waals surface area contributed by atoms with Gasteiger partial charge in [0.05, 0.1) is 0 Å². The third-order valence-corrected chi connectivity index (χ3v) is 4.06. The molecule has 0 aromatic heterocycles. The van der Waals surface area contributed by atoms with Crippen LogP contribution in [0.25, 0.3) is 6.08 Å². The predicted octanol–water partition coefficient (Wildman–Crippen LogP) is 4.05. The minimum atomic E-state index is 0.153. The van der Waals surface area contributed by atoms with Crippen molar-refractivity contribution in [1.29, 1.82) is 0 Å². The fourth-order valence-corrected chi connectivity index (χ4v) is 2.82. The van der Waals surface area contributed by atoms with Gasteiger partial charge in [-0.2, -0.15) is 0 Å². The summed E-state index contributed by atoms with van der Waals surface area (Å²) < 4.78 is 0. The summed E-state index contributed by atoms with van der Waals surface area (Å²) in [5.74, 6) is 1.39. The number of aromatic hydroxyl groups is 1. The van der Waals surface area contributed by atoms with Crippen molar-refractivity contribution in [2.75, 3.05) is 0 Å². The molecule has 1 aliphatic rings. The average Bonchev–Trinajstić information content (AvgIpc) is 2.34. The predicted molar refractivity (Wildman–Crippen MR) is 77.8 cm³/mol. The summed E-state index contributed by atoms with van der Waals surface area (Å²) in [4.78, 5) is 12.5. The molecule has 1 N–H and O–H groups in total. The number of hydrogen-bond donors (Lipinski definition) is 1. The molecular weight excluding hydrogens is 236 g/mol. The molecule has 0 saturated heterocycles. The number of phenols is 1. The maximum Gasteiger partial charge on any atom is 0.162 e. The molecule has 0 radical (unpaired) electrons. The second-order valence-corrected chi connectivity index (χ2v) is 5.89. The number of carbonyl (C=O) groups excluding carboxylic acids is 1. The lowest BCUT2D eigenvalue weighted by Gasteiger charge is -2.30. The standard InChI is InChI=1S/C17H22O2/c1-11(2)15-8-7-12(3)16(17(15)19)10-13-5-4-6-14(18)9-13/h4-6,9-12,15,18H,7-8H2,1-3H3/t12-,15+/m1/s1. The van der Waals surface area contributed by atoms with Gasteiger partial charge in [0.15, 0.2) is 5.78 Å². The zero-order valence-corrected chi connectivity index (χ0v) is 11.9.